The Labute approximate surface area is 188 Å². The molecule has 4 heteroatoms. The van der Waals surface area contributed by atoms with E-state index < -0.39 is 7.92 Å². The van der Waals surface area contributed by atoms with Crippen molar-refractivity contribution in [2.24, 2.45) is 0 Å². The third kappa shape index (κ3) is 4.43. The fraction of sp³-hybridized carbons (Fsp3) is 0.333. The van der Waals surface area contributed by atoms with Gasteiger partial charge < -0.3 is 14.2 Å². The highest BCUT2D eigenvalue weighted by molar-refractivity contribution is 7.80. The molecule has 3 rings (SSSR count). The van der Waals surface area contributed by atoms with Crippen LogP contribution in [0.2, 0.25) is 0 Å². The second-order valence-corrected chi connectivity index (χ2v) is 10.2. The van der Waals surface area contributed by atoms with E-state index in [1.807, 2.05) is 0 Å². The maximum absolute atomic E-state index is 5.94. The molecule has 0 spiro atoms. The van der Waals surface area contributed by atoms with E-state index in [1.165, 1.54) is 49.3 Å². The molecular formula is C27H33O3P. The zero-order valence-electron chi connectivity index (χ0n) is 20.1. The van der Waals surface area contributed by atoms with Gasteiger partial charge in [0.25, 0.3) is 0 Å². The second kappa shape index (κ2) is 9.32. The summed E-state index contributed by atoms with van der Waals surface area (Å²) < 4.78 is 17.8. The third-order valence-corrected chi connectivity index (χ3v) is 8.62. The van der Waals surface area contributed by atoms with E-state index in [1.54, 1.807) is 21.3 Å². The van der Waals surface area contributed by atoms with Gasteiger partial charge in [-0.15, -0.1) is 0 Å². The molecule has 0 atom stereocenters. The molecule has 0 fully saturated rings. The van der Waals surface area contributed by atoms with Gasteiger partial charge in [-0.05, 0) is 101 Å². The van der Waals surface area contributed by atoms with Crippen LogP contribution in [0.15, 0.2) is 36.4 Å². The predicted molar refractivity (Wildman–Crippen MR) is 133 cm³/mol. The molecule has 164 valence electrons. The summed E-state index contributed by atoms with van der Waals surface area (Å²) in [5.41, 5.74) is 7.21. The van der Waals surface area contributed by atoms with Crippen LogP contribution in [0.4, 0.5) is 0 Å². The molecule has 0 saturated carbocycles. The normalized spacial score (nSPS) is 11.0. The lowest BCUT2D eigenvalue weighted by molar-refractivity contribution is 0.416. The summed E-state index contributed by atoms with van der Waals surface area (Å²) in [6.07, 6.45) is 0. The molecule has 0 aliphatic carbocycles. The largest absolute Gasteiger partial charge is 0.496 e. The molecule has 3 aromatic carbocycles. The Morgan fingerprint density at radius 2 is 0.710 bits per heavy atom. The Bertz CT molecular complexity index is 977. The zero-order valence-corrected chi connectivity index (χ0v) is 21.0. The van der Waals surface area contributed by atoms with Crippen LogP contribution in [0.3, 0.4) is 0 Å². The molecule has 0 bridgehead atoms. The Morgan fingerprint density at radius 3 is 0.935 bits per heavy atom. The summed E-state index contributed by atoms with van der Waals surface area (Å²) >= 11 is 0. The first-order valence-corrected chi connectivity index (χ1v) is 11.8. The summed E-state index contributed by atoms with van der Waals surface area (Å²) in [5.74, 6) is 2.73. The highest BCUT2D eigenvalue weighted by atomic mass is 31.1. The molecule has 0 heterocycles. The van der Waals surface area contributed by atoms with Crippen molar-refractivity contribution in [3.63, 3.8) is 0 Å². The fourth-order valence-corrected chi connectivity index (χ4v) is 7.48. The van der Waals surface area contributed by atoms with Crippen LogP contribution >= 0.6 is 7.92 Å². The van der Waals surface area contributed by atoms with E-state index in [-0.39, 0.29) is 0 Å². The number of methoxy groups -OCH3 is 3. The van der Waals surface area contributed by atoms with E-state index in [9.17, 15) is 0 Å². The molecule has 0 aliphatic rings. The van der Waals surface area contributed by atoms with Crippen molar-refractivity contribution in [1.82, 2.24) is 0 Å². The first-order valence-electron chi connectivity index (χ1n) is 10.5. The molecule has 0 saturated heterocycles. The lowest BCUT2D eigenvalue weighted by Crippen LogP contribution is -2.29. The maximum Gasteiger partial charge on any atom is 0.127 e. The number of aryl methyl sites for hydroxylation is 6. The molecule has 0 radical (unpaired) electrons. The maximum atomic E-state index is 5.94. The molecule has 3 aromatic rings. The smallest absolute Gasteiger partial charge is 0.127 e. The van der Waals surface area contributed by atoms with Crippen LogP contribution < -0.4 is 30.1 Å². The summed E-state index contributed by atoms with van der Waals surface area (Å²) in [6.45, 7) is 12.8. The first kappa shape index (κ1) is 23.2. The highest BCUT2D eigenvalue weighted by Crippen LogP contribution is 2.45. The van der Waals surface area contributed by atoms with Crippen LogP contribution in [-0.4, -0.2) is 21.3 Å². The van der Waals surface area contributed by atoms with Gasteiger partial charge in [0.2, 0.25) is 0 Å². The van der Waals surface area contributed by atoms with E-state index >= 15 is 0 Å². The second-order valence-electron chi connectivity index (χ2n) is 8.23. The minimum Gasteiger partial charge on any atom is -0.496 e. The van der Waals surface area contributed by atoms with Gasteiger partial charge in [0.1, 0.15) is 17.2 Å². The topological polar surface area (TPSA) is 27.7 Å². The Balaban J connectivity index is 2.51. The monoisotopic (exact) mass is 436 g/mol. The Morgan fingerprint density at radius 1 is 0.452 bits per heavy atom. The summed E-state index contributed by atoms with van der Waals surface area (Å²) in [5, 5.41) is 3.62. The quantitative estimate of drug-likeness (QED) is 0.490. The number of hydrogen-bond donors (Lipinski definition) is 0. The SMILES string of the molecule is COc1cc(C)cc(C)c1P(c1c(C)cc(C)cc1OC)c1c(C)cc(C)cc1OC. The van der Waals surface area contributed by atoms with Gasteiger partial charge in [-0.1, -0.05) is 18.2 Å². The van der Waals surface area contributed by atoms with Gasteiger partial charge in [-0.2, -0.15) is 0 Å². The molecule has 0 unspecified atom stereocenters. The van der Waals surface area contributed by atoms with E-state index in [0.29, 0.717) is 0 Å². The van der Waals surface area contributed by atoms with Crippen molar-refractivity contribution in [3.05, 3.63) is 69.8 Å². The van der Waals surface area contributed by atoms with Gasteiger partial charge in [0, 0.05) is 15.9 Å². The van der Waals surface area contributed by atoms with Crippen LogP contribution in [0.25, 0.3) is 0 Å². The number of ether oxygens (including phenoxy) is 3. The standard InChI is InChI=1S/C27H33O3P/c1-16-10-19(4)25(22(13-16)28-7)31(26-20(5)11-17(2)14-23(26)29-8)27-21(6)12-18(3)15-24(27)30-9/h10-15H,1-9H3. The van der Waals surface area contributed by atoms with Crippen LogP contribution in [-0.2, 0) is 0 Å². The van der Waals surface area contributed by atoms with Crippen molar-refractivity contribution in [3.8, 4) is 17.2 Å². The fourth-order valence-electron chi connectivity index (χ4n) is 4.42. The molecule has 0 amide bonds. The Kier molecular flexibility index (Phi) is 6.96. The van der Waals surface area contributed by atoms with Crippen LogP contribution in [0.5, 0.6) is 17.2 Å². The van der Waals surface area contributed by atoms with Crippen molar-refractivity contribution in [2.75, 3.05) is 21.3 Å². The van der Waals surface area contributed by atoms with Gasteiger partial charge in [0.15, 0.2) is 0 Å². The van der Waals surface area contributed by atoms with Crippen molar-refractivity contribution in [1.29, 1.82) is 0 Å². The van der Waals surface area contributed by atoms with Crippen LogP contribution in [0.1, 0.15) is 33.4 Å². The van der Waals surface area contributed by atoms with Gasteiger partial charge in [0.05, 0.1) is 21.3 Å². The molecule has 31 heavy (non-hydrogen) atoms. The van der Waals surface area contributed by atoms with Crippen LogP contribution in [0, 0.1) is 41.5 Å². The van der Waals surface area contributed by atoms with Crippen molar-refractivity contribution in [2.45, 2.75) is 41.5 Å². The average molecular weight is 437 g/mol. The van der Waals surface area contributed by atoms with Gasteiger partial charge >= 0.3 is 0 Å². The number of benzene rings is 3. The number of rotatable bonds is 6. The lowest BCUT2D eigenvalue weighted by atomic mass is 10.1. The van der Waals surface area contributed by atoms with E-state index in [2.05, 4.69) is 77.9 Å². The zero-order chi connectivity index (χ0) is 22.9. The van der Waals surface area contributed by atoms with Gasteiger partial charge in [-0.25, -0.2) is 0 Å². The highest BCUT2D eigenvalue weighted by Gasteiger charge is 2.31. The summed E-state index contributed by atoms with van der Waals surface area (Å²) in [4.78, 5) is 0. The predicted octanol–water partition coefficient (Wildman–Crippen LogP) is 5.32. The molecule has 3 nitrogen and oxygen atoms in total. The van der Waals surface area contributed by atoms with Gasteiger partial charge in [-0.3, -0.25) is 0 Å². The van der Waals surface area contributed by atoms with E-state index in [4.69, 9.17) is 14.2 Å². The average Bonchev–Trinajstić information content (AvgIpc) is 2.70. The summed E-state index contributed by atoms with van der Waals surface area (Å²) in [7, 11) is 4.26. The minimum absolute atomic E-state index is 0.910. The Hall–Kier alpha value is -2.51. The number of hydrogen-bond acceptors (Lipinski definition) is 3. The molecule has 0 aromatic heterocycles. The third-order valence-electron chi connectivity index (χ3n) is 5.56. The summed E-state index contributed by atoms with van der Waals surface area (Å²) in [6, 6.07) is 13.1. The van der Waals surface area contributed by atoms with Crippen molar-refractivity contribution >= 4 is 23.8 Å². The molecular weight excluding hydrogens is 403 g/mol. The minimum atomic E-state index is -1.00. The van der Waals surface area contributed by atoms with Crippen molar-refractivity contribution < 1.29 is 14.2 Å². The first-order chi connectivity index (χ1) is 14.7. The lowest BCUT2D eigenvalue weighted by Gasteiger charge is -2.29. The van der Waals surface area contributed by atoms with E-state index in [0.717, 1.165) is 17.2 Å². The molecule has 0 aliphatic heterocycles. The molecule has 0 N–H and O–H groups in total.